The Bertz CT molecular complexity index is 583. The molecule has 4 nitrogen and oxygen atoms in total. The molecule has 1 unspecified atom stereocenters. The van der Waals surface area contributed by atoms with E-state index in [1.165, 1.54) is 0 Å². The van der Waals surface area contributed by atoms with Gasteiger partial charge in [-0.3, -0.25) is 9.19 Å². The lowest BCUT2D eigenvalue weighted by molar-refractivity contribution is 0.144. The molecule has 1 atom stereocenters. The summed E-state index contributed by atoms with van der Waals surface area (Å²) in [5.41, 5.74) is 2.65. The Kier molecular flexibility index (Phi) is 3.61. The molecule has 0 spiro atoms. The predicted molar refractivity (Wildman–Crippen MR) is 85.2 cm³/mol. The van der Waals surface area contributed by atoms with Gasteiger partial charge in [0.1, 0.15) is 0 Å². The number of fused-ring (bicyclic) bond motifs is 1. The molecule has 0 bridgehead atoms. The topological polar surface area (TPSA) is 62.2 Å². The summed E-state index contributed by atoms with van der Waals surface area (Å²) in [5, 5.41) is 13.2. The number of aliphatic hydroxyl groups excluding tert-OH is 1. The zero-order valence-electron chi connectivity index (χ0n) is 13.0. The molecule has 2 N–H and O–H groups in total. The van der Waals surface area contributed by atoms with E-state index in [0.29, 0.717) is 5.75 Å². The van der Waals surface area contributed by atoms with Crippen molar-refractivity contribution in [2.75, 3.05) is 17.7 Å². The van der Waals surface area contributed by atoms with Crippen molar-refractivity contribution in [3.63, 3.8) is 0 Å². The molecular formula is C16H24N2O2S. The van der Waals surface area contributed by atoms with Gasteiger partial charge in [-0.2, -0.15) is 0 Å². The standard InChI is InChI=1S/C16H24N2O2S/c1-15(2,3)13-9-12(18-16(10-19)6-4-7-16)14-11(17-13)5-8-21(14)20/h9,19H,4-8,10H2,1-3H3,(H,17,18). The first kappa shape index (κ1) is 15.0. The fraction of sp³-hybridized carbons (Fsp3) is 0.688. The summed E-state index contributed by atoms with van der Waals surface area (Å²) in [6.45, 7) is 6.55. The average Bonchev–Trinajstić information content (AvgIpc) is 2.75. The Morgan fingerprint density at radius 2 is 2.14 bits per heavy atom. The second kappa shape index (κ2) is 5.06. The van der Waals surface area contributed by atoms with Crippen LogP contribution in [0.25, 0.3) is 0 Å². The smallest absolute Gasteiger partial charge is 0.0835 e. The maximum absolute atomic E-state index is 12.3. The molecule has 0 aromatic carbocycles. The number of hydrogen-bond acceptors (Lipinski definition) is 4. The summed E-state index contributed by atoms with van der Waals surface area (Å²) < 4.78 is 12.3. The third-order valence-electron chi connectivity index (χ3n) is 4.58. The molecule has 1 fully saturated rings. The Morgan fingerprint density at radius 3 is 2.67 bits per heavy atom. The second-order valence-electron chi connectivity index (χ2n) is 7.30. The van der Waals surface area contributed by atoms with Crippen molar-refractivity contribution in [3.8, 4) is 0 Å². The molecule has 1 aliphatic heterocycles. The zero-order valence-corrected chi connectivity index (χ0v) is 13.8. The molecule has 5 heteroatoms. The maximum atomic E-state index is 12.3. The third-order valence-corrected chi connectivity index (χ3v) is 6.06. The third kappa shape index (κ3) is 2.61. The van der Waals surface area contributed by atoms with Crippen molar-refractivity contribution in [1.82, 2.24) is 4.98 Å². The molecule has 1 aromatic heterocycles. The first-order valence-electron chi connectivity index (χ1n) is 7.66. The number of anilines is 1. The van der Waals surface area contributed by atoms with Crippen molar-refractivity contribution in [1.29, 1.82) is 0 Å². The van der Waals surface area contributed by atoms with E-state index in [9.17, 15) is 9.32 Å². The second-order valence-corrected chi connectivity index (χ2v) is 8.81. The molecule has 1 aromatic rings. The largest absolute Gasteiger partial charge is 0.394 e. The van der Waals surface area contributed by atoms with E-state index < -0.39 is 10.8 Å². The quantitative estimate of drug-likeness (QED) is 0.900. The van der Waals surface area contributed by atoms with Crippen LogP contribution in [0.15, 0.2) is 11.0 Å². The molecule has 0 saturated heterocycles. The van der Waals surface area contributed by atoms with Crippen LogP contribution >= 0.6 is 0 Å². The molecule has 1 aliphatic carbocycles. The lowest BCUT2D eigenvalue weighted by Gasteiger charge is -2.42. The van der Waals surface area contributed by atoms with Gasteiger partial charge in [0.15, 0.2) is 0 Å². The molecule has 1 saturated carbocycles. The highest BCUT2D eigenvalue weighted by molar-refractivity contribution is 7.85. The van der Waals surface area contributed by atoms with E-state index in [-0.39, 0.29) is 17.6 Å². The first-order chi connectivity index (χ1) is 9.85. The van der Waals surface area contributed by atoms with Crippen LogP contribution in [0.2, 0.25) is 0 Å². The molecule has 2 aliphatic rings. The van der Waals surface area contributed by atoms with Gasteiger partial charge < -0.3 is 10.4 Å². The first-order valence-corrected chi connectivity index (χ1v) is 8.98. The summed E-state index contributed by atoms with van der Waals surface area (Å²) >= 11 is 0. The van der Waals surface area contributed by atoms with Gasteiger partial charge in [-0.15, -0.1) is 0 Å². The van der Waals surface area contributed by atoms with Gasteiger partial charge in [-0.25, -0.2) is 0 Å². The fourth-order valence-corrected chi connectivity index (χ4v) is 4.34. The number of aromatic nitrogens is 1. The highest BCUT2D eigenvalue weighted by atomic mass is 32.2. The van der Waals surface area contributed by atoms with Crippen LogP contribution in [0.5, 0.6) is 0 Å². The number of nitrogens with one attached hydrogen (secondary N) is 1. The Balaban J connectivity index is 2.05. The molecule has 0 radical (unpaired) electrons. The van der Waals surface area contributed by atoms with E-state index in [1.807, 2.05) is 6.07 Å². The number of pyridine rings is 1. The zero-order chi connectivity index (χ0) is 15.3. The van der Waals surface area contributed by atoms with Gasteiger partial charge in [-0.1, -0.05) is 20.8 Å². The molecule has 2 heterocycles. The maximum Gasteiger partial charge on any atom is 0.0835 e. The van der Waals surface area contributed by atoms with E-state index in [2.05, 4.69) is 26.1 Å². The van der Waals surface area contributed by atoms with Gasteiger partial charge in [0, 0.05) is 23.3 Å². The van der Waals surface area contributed by atoms with Crippen LogP contribution in [0, 0.1) is 0 Å². The van der Waals surface area contributed by atoms with E-state index in [0.717, 1.165) is 47.7 Å². The minimum Gasteiger partial charge on any atom is -0.394 e. The van der Waals surface area contributed by atoms with Crippen LogP contribution in [-0.2, 0) is 22.6 Å². The van der Waals surface area contributed by atoms with Crippen LogP contribution in [0.4, 0.5) is 5.69 Å². The Labute approximate surface area is 128 Å². The van der Waals surface area contributed by atoms with Crippen molar-refractivity contribution < 1.29 is 9.32 Å². The highest BCUT2D eigenvalue weighted by Gasteiger charge is 2.38. The van der Waals surface area contributed by atoms with E-state index in [4.69, 9.17) is 4.98 Å². The van der Waals surface area contributed by atoms with Crippen LogP contribution in [0.3, 0.4) is 0 Å². The lowest BCUT2D eigenvalue weighted by atomic mass is 9.77. The summed E-state index contributed by atoms with van der Waals surface area (Å²) in [7, 11) is -0.966. The molecule has 116 valence electrons. The summed E-state index contributed by atoms with van der Waals surface area (Å²) in [4.78, 5) is 5.60. The van der Waals surface area contributed by atoms with Crippen LogP contribution < -0.4 is 5.32 Å². The molecular weight excluding hydrogens is 284 g/mol. The monoisotopic (exact) mass is 308 g/mol. The summed E-state index contributed by atoms with van der Waals surface area (Å²) in [5.74, 6) is 0.663. The minimum atomic E-state index is -0.966. The van der Waals surface area contributed by atoms with Gasteiger partial charge in [-0.05, 0) is 25.3 Å². The molecule has 21 heavy (non-hydrogen) atoms. The van der Waals surface area contributed by atoms with E-state index in [1.54, 1.807) is 0 Å². The number of nitrogens with zero attached hydrogens (tertiary/aromatic N) is 1. The van der Waals surface area contributed by atoms with Crippen LogP contribution in [0.1, 0.15) is 51.4 Å². The van der Waals surface area contributed by atoms with Crippen molar-refractivity contribution in [2.24, 2.45) is 0 Å². The highest BCUT2D eigenvalue weighted by Crippen LogP contribution is 2.39. The minimum absolute atomic E-state index is 0.0401. The summed E-state index contributed by atoms with van der Waals surface area (Å²) in [6.07, 6.45) is 3.86. The summed E-state index contributed by atoms with van der Waals surface area (Å²) in [6, 6.07) is 2.04. The fourth-order valence-electron chi connectivity index (χ4n) is 2.99. The lowest BCUT2D eigenvalue weighted by Crippen LogP contribution is -2.48. The van der Waals surface area contributed by atoms with Gasteiger partial charge in [0.2, 0.25) is 0 Å². The van der Waals surface area contributed by atoms with Crippen molar-refractivity contribution >= 4 is 16.5 Å². The number of aliphatic hydroxyl groups is 1. The van der Waals surface area contributed by atoms with Crippen molar-refractivity contribution in [2.45, 2.75) is 62.3 Å². The van der Waals surface area contributed by atoms with Crippen LogP contribution in [-0.4, -0.2) is 32.2 Å². The SMILES string of the molecule is CC(C)(C)c1cc(NC2(CO)CCC2)c2c(n1)CCS2=O. The molecule has 3 rings (SSSR count). The number of rotatable bonds is 3. The van der Waals surface area contributed by atoms with Gasteiger partial charge in [0.05, 0.1) is 39.2 Å². The molecule has 0 amide bonds. The van der Waals surface area contributed by atoms with Gasteiger partial charge in [0.25, 0.3) is 0 Å². The Morgan fingerprint density at radius 1 is 1.43 bits per heavy atom. The number of hydrogen-bond donors (Lipinski definition) is 2. The Hall–Kier alpha value is -0.940. The van der Waals surface area contributed by atoms with Gasteiger partial charge >= 0.3 is 0 Å². The normalized spacial score (nSPS) is 23.5. The predicted octanol–water partition coefficient (Wildman–Crippen LogP) is 2.37. The average molecular weight is 308 g/mol. The van der Waals surface area contributed by atoms with E-state index >= 15 is 0 Å². The number of aryl methyl sites for hydroxylation is 1. The van der Waals surface area contributed by atoms with Crippen molar-refractivity contribution in [3.05, 3.63) is 17.5 Å².